The van der Waals surface area contributed by atoms with Gasteiger partial charge in [0.25, 0.3) is 5.56 Å². The van der Waals surface area contributed by atoms with Crippen molar-refractivity contribution in [3.63, 3.8) is 0 Å². The SMILES string of the molecule is O=C(CCC(=O)c1cccs1)OCc1cc(=O)n2cc(Br)ccc2n1. The Morgan fingerprint density at radius 1 is 1.24 bits per heavy atom. The largest absolute Gasteiger partial charge is 0.459 e. The fourth-order valence-corrected chi connectivity index (χ4v) is 3.23. The molecule has 25 heavy (non-hydrogen) atoms. The summed E-state index contributed by atoms with van der Waals surface area (Å²) in [5.41, 5.74) is 0.574. The summed E-state index contributed by atoms with van der Waals surface area (Å²) in [6, 6.07) is 8.30. The molecule has 0 aromatic carbocycles. The molecule has 0 spiro atoms. The van der Waals surface area contributed by atoms with E-state index in [0.29, 0.717) is 16.2 Å². The van der Waals surface area contributed by atoms with E-state index < -0.39 is 5.97 Å². The van der Waals surface area contributed by atoms with Crippen LogP contribution in [0.15, 0.2) is 51.2 Å². The topological polar surface area (TPSA) is 77.7 Å². The molecule has 3 aromatic rings. The number of pyridine rings is 1. The number of esters is 1. The maximum absolute atomic E-state index is 12.1. The van der Waals surface area contributed by atoms with Crippen LogP contribution < -0.4 is 5.56 Å². The lowest BCUT2D eigenvalue weighted by atomic mass is 10.2. The second-order valence-electron chi connectivity index (χ2n) is 5.22. The summed E-state index contributed by atoms with van der Waals surface area (Å²) in [4.78, 5) is 40.6. The van der Waals surface area contributed by atoms with E-state index >= 15 is 0 Å². The molecule has 0 aliphatic carbocycles. The summed E-state index contributed by atoms with van der Waals surface area (Å²) in [6.07, 6.45) is 1.72. The Hall–Kier alpha value is -2.32. The van der Waals surface area contributed by atoms with Gasteiger partial charge >= 0.3 is 5.97 Å². The number of carbonyl (C=O) groups is 2. The number of fused-ring (bicyclic) bond motifs is 1. The Morgan fingerprint density at radius 2 is 2.08 bits per heavy atom. The van der Waals surface area contributed by atoms with E-state index in [9.17, 15) is 14.4 Å². The van der Waals surface area contributed by atoms with Gasteiger partial charge in [0.05, 0.1) is 17.0 Å². The molecule has 0 amide bonds. The number of Topliss-reactive ketones (excluding diaryl/α,β-unsaturated/α-hetero) is 1. The van der Waals surface area contributed by atoms with Crippen LogP contribution in [0, 0.1) is 0 Å². The highest BCUT2D eigenvalue weighted by Crippen LogP contribution is 2.13. The van der Waals surface area contributed by atoms with E-state index in [1.165, 1.54) is 21.8 Å². The molecule has 3 rings (SSSR count). The van der Waals surface area contributed by atoms with Gasteiger partial charge in [-0.1, -0.05) is 6.07 Å². The van der Waals surface area contributed by atoms with Crippen LogP contribution in [0.2, 0.25) is 0 Å². The minimum atomic E-state index is -0.497. The standard InChI is InChI=1S/C17H13BrN2O4S/c18-11-3-5-15-19-12(8-16(22)20(15)9-11)10-24-17(23)6-4-13(21)14-2-1-7-25-14/h1-3,5,7-9H,4,6,10H2. The van der Waals surface area contributed by atoms with Crippen LogP contribution in [-0.4, -0.2) is 21.1 Å². The van der Waals surface area contributed by atoms with Crippen molar-refractivity contribution in [3.8, 4) is 0 Å². The first-order chi connectivity index (χ1) is 12.0. The lowest BCUT2D eigenvalue weighted by Crippen LogP contribution is -2.16. The quantitative estimate of drug-likeness (QED) is 0.451. The van der Waals surface area contributed by atoms with Crippen molar-refractivity contribution in [2.24, 2.45) is 0 Å². The highest BCUT2D eigenvalue weighted by Gasteiger charge is 2.12. The number of halogens is 1. The molecule has 0 N–H and O–H groups in total. The van der Waals surface area contributed by atoms with Crippen LogP contribution in [0.1, 0.15) is 28.2 Å². The minimum Gasteiger partial charge on any atom is -0.459 e. The zero-order valence-electron chi connectivity index (χ0n) is 13.0. The highest BCUT2D eigenvalue weighted by molar-refractivity contribution is 9.10. The first-order valence-electron chi connectivity index (χ1n) is 7.43. The molecular weight excluding hydrogens is 408 g/mol. The van der Waals surface area contributed by atoms with Gasteiger partial charge in [-0.25, -0.2) is 4.98 Å². The summed E-state index contributed by atoms with van der Waals surface area (Å²) >= 11 is 4.64. The van der Waals surface area contributed by atoms with Crippen molar-refractivity contribution >= 4 is 44.7 Å². The molecule has 0 aliphatic heterocycles. The van der Waals surface area contributed by atoms with Crippen molar-refractivity contribution in [1.82, 2.24) is 9.38 Å². The second-order valence-corrected chi connectivity index (χ2v) is 7.09. The van der Waals surface area contributed by atoms with Crippen LogP contribution in [0.5, 0.6) is 0 Å². The minimum absolute atomic E-state index is 0.00373. The summed E-state index contributed by atoms with van der Waals surface area (Å²) in [6.45, 7) is -0.103. The first-order valence-corrected chi connectivity index (χ1v) is 9.10. The first kappa shape index (κ1) is 17.5. The van der Waals surface area contributed by atoms with Gasteiger partial charge in [-0.05, 0) is 39.5 Å². The zero-order valence-corrected chi connectivity index (χ0v) is 15.4. The molecule has 0 unspecified atom stereocenters. The number of rotatable bonds is 6. The molecule has 0 aliphatic rings. The molecule has 8 heteroatoms. The summed E-state index contributed by atoms with van der Waals surface area (Å²) in [7, 11) is 0. The lowest BCUT2D eigenvalue weighted by Gasteiger charge is -2.06. The average molecular weight is 421 g/mol. The Balaban J connectivity index is 1.58. The summed E-state index contributed by atoms with van der Waals surface area (Å²) in [5.74, 6) is -0.581. The van der Waals surface area contributed by atoms with Gasteiger partial charge in [0, 0.05) is 23.2 Å². The highest BCUT2D eigenvalue weighted by atomic mass is 79.9. The van der Waals surface area contributed by atoms with E-state index in [0.717, 1.165) is 4.47 Å². The summed E-state index contributed by atoms with van der Waals surface area (Å²) < 4.78 is 7.28. The fraction of sp³-hybridized carbons (Fsp3) is 0.176. The number of aromatic nitrogens is 2. The summed E-state index contributed by atoms with van der Waals surface area (Å²) in [5, 5.41) is 1.81. The molecule has 6 nitrogen and oxygen atoms in total. The number of nitrogens with zero attached hydrogens (tertiary/aromatic N) is 2. The van der Waals surface area contributed by atoms with E-state index in [-0.39, 0.29) is 30.8 Å². The molecule has 0 saturated carbocycles. The molecule has 0 fully saturated rings. The van der Waals surface area contributed by atoms with Gasteiger partial charge < -0.3 is 4.74 Å². The van der Waals surface area contributed by atoms with E-state index in [1.807, 2.05) is 5.38 Å². The van der Waals surface area contributed by atoms with Crippen molar-refractivity contribution in [2.45, 2.75) is 19.4 Å². The van der Waals surface area contributed by atoms with Crippen LogP contribution in [-0.2, 0) is 16.1 Å². The monoisotopic (exact) mass is 420 g/mol. The number of hydrogen-bond donors (Lipinski definition) is 0. The molecule has 0 bridgehead atoms. The Kier molecular flexibility index (Phi) is 5.40. The van der Waals surface area contributed by atoms with Crippen LogP contribution in [0.4, 0.5) is 0 Å². The van der Waals surface area contributed by atoms with Crippen molar-refractivity contribution in [2.75, 3.05) is 0 Å². The maximum atomic E-state index is 12.1. The van der Waals surface area contributed by atoms with Crippen LogP contribution >= 0.6 is 27.3 Å². The molecule has 0 radical (unpaired) electrons. The number of ether oxygens (including phenoxy) is 1. The van der Waals surface area contributed by atoms with E-state index in [4.69, 9.17) is 4.74 Å². The van der Waals surface area contributed by atoms with Gasteiger partial charge in [-0.3, -0.25) is 18.8 Å². The fourth-order valence-electron chi connectivity index (χ4n) is 2.20. The zero-order chi connectivity index (χ0) is 17.8. The van der Waals surface area contributed by atoms with Crippen LogP contribution in [0.3, 0.4) is 0 Å². The number of ketones is 1. The Morgan fingerprint density at radius 3 is 2.84 bits per heavy atom. The molecule has 3 heterocycles. The van der Waals surface area contributed by atoms with Gasteiger partial charge in [0.15, 0.2) is 5.78 Å². The normalized spacial score (nSPS) is 10.8. The molecule has 128 valence electrons. The smallest absolute Gasteiger partial charge is 0.306 e. The van der Waals surface area contributed by atoms with E-state index in [1.54, 1.807) is 30.5 Å². The average Bonchev–Trinajstić information content (AvgIpc) is 3.13. The molecule has 0 atom stereocenters. The number of hydrogen-bond acceptors (Lipinski definition) is 6. The lowest BCUT2D eigenvalue weighted by molar-refractivity contribution is -0.145. The third kappa shape index (κ3) is 4.40. The van der Waals surface area contributed by atoms with Crippen LogP contribution in [0.25, 0.3) is 5.65 Å². The Labute approximate surface area is 155 Å². The predicted molar refractivity (Wildman–Crippen MR) is 96.8 cm³/mol. The third-order valence-corrected chi connectivity index (χ3v) is 4.79. The van der Waals surface area contributed by atoms with Gasteiger partial charge in [0.2, 0.25) is 0 Å². The number of carbonyl (C=O) groups excluding carboxylic acids is 2. The van der Waals surface area contributed by atoms with Gasteiger partial charge in [-0.15, -0.1) is 11.3 Å². The van der Waals surface area contributed by atoms with Gasteiger partial charge in [0.1, 0.15) is 12.3 Å². The van der Waals surface area contributed by atoms with Crippen molar-refractivity contribution in [1.29, 1.82) is 0 Å². The number of thiophene rings is 1. The second kappa shape index (κ2) is 7.71. The third-order valence-electron chi connectivity index (χ3n) is 3.41. The van der Waals surface area contributed by atoms with E-state index in [2.05, 4.69) is 20.9 Å². The van der Waals surface area contributed by atoms with Crippen molar-refractivity contribution in [3.05, 3.63) is 67.3 Å². The molecule has 0 saturated heterocycles. The maximum Gasteiger partial charge on any atom is 0.306 e. The van der Waals surface area contributed by atoms with Gasteiger partial charge in [-0.2, -0.15) is 0 Å². The molecular formula is C17H13BrN2O4S. The van der Waals surface area contributed by atoms with Crippen molar-refractivity contribution < 1.29 is 14.3 Å². The molecule has 3 aromatic heterocycles. The predicted octanol–water partition coefficient (Wildman–Crippen LogP) is 3.22. The Bertz CT molecular complexity index is 982.